The fourth-order valence-electron chi connectivity index (χ4n) is 3.45. The minimum Gasteiger partial charge on any atom is -0.317 e. The summed E-state index contributed by atoms with van der Waals surface area (Å²) in [6.45, 7) is 7.67. The molecule has 1 aromatic heterocycles. The Hall–Kier alpha value is -0.350. The summed E-state index contributed by atoms with van der Waals surface area (Å²) < 4.78 is 3.44. The van der Waals surface area contributed by atoms with Gasteiger partial charge in [0.15, 0.2) is 0 Å². The van der Waals surface area contributed by atoms with Crippen molar-refractivity contribution in [2.45, 2.75) is 64.8 Å². The fourth-order valence-corrected chi connectivity index (χ4v) is 4.04. The molecule has 114 valence electrons. The zero-order valence-electron chi connectivity index (χ0n) is 12.9. The number of hydrogen-bond donors (Lipinski definition) is 1. The van der Waals surface area contributed by atoms with Crippen LogP contribution in [0.1, 0.15) is 64.0 Å². The lowest BCUT2D eigenvalue weighted by Crippen LogP contribution is -2.28. The third-order valence-corrected chi connectivity index (χ3v) is 5.05. The zero-order valence-corrected chi connectivity index (χ0v) is 14.5. The molecule has 4 heteroatoms. The van der Waals surface area contributed by atoms with Crippen LogP contribution >= 0.6 is 15.9 Å². The molecule has 1 N–H and O–H groups in total. The van der Waals surface area contributed by atoms with Crippen LogP contribution in [0.15, 0.2) is 10.7 Å². The number of aromatic nitrogens is 2. The van der Waals surface area contributed by atoms with Gasteiger partial charge in [-0.25, -0.2) is 0 Å². The van der Waals surface area contributed by atoms with E-state index < -0.39 is 0 Å². The maximum absolute atomic E-state index is 4.58. The number of halogens is 1. The summed E-state index contributed by atoms with van der Waals surface area (Å²) in [5, 5.41) is 8.14. The van der Waals surface area contributed by atoms with Gasteiger partial charge in [0, 0.05) is 12.5 Å². The van der Waals surface area contributed by atoms with Crippen LogP contribution in [0.3, 0.4) is 0 Å². The Morgan fingerprint density at radius 2 is 2.10 bits per heavy atom. The molecule has 0 spiro atoms. The van der Waals surface area contributed by atoms with Crippen LogP contribution in [-0.4, -0.2) is 22.9 Å². The van der Waals surface area contributed by atoms with Crippen LogP contribution in [-0.2, 0) is 6.54 Å². The zero-order chi connectivity index (χ0) is 14.4. The van der Waals surface area contributed by atoms with Crippen molar-refractivity contribution in [3.8, 4) is 0 Å². The molecule has 0 aromatic carbocycles. The Kier molecular flexibility index (Phi) is 6.56. The van der Waals surface area contributed by atoms with Gasteiger partial charge in [-0.1, -0.05) is 33.1 Å². The Morgan fingerprint density at radius 3 is 2.85 bits per heavy atom. The number of nitrogens with one attached hydrogen (secondary N) is 1. The van der Waals surface area contributed by atoms with Gasteiger partial charge in [-0.2, -0.15) is 5.10 Å². The van der Waals surface area contributed by atoms with E-state index in [1.165, 1.54) is 42.3 Å². The Labute approximate surface area is 131 Å². The van der Waals surface area contributed by atoms with Crippen LogP contribution in [0.4, 0.5) is 0 Å². The first-order chi connectivity index (χ1) is 9.77. The van der Waals surface area contributed by atoms with Crippen molar-refractivity contribution in [1.29, 1.82) is 0 Å². The summed E-state index contributed by atoms with van der Waals surface area (Å²) in [5.41, 5.74) is 1.44. The average Bonchev–Trinajstić information content (AvgIpc) is 2.67. The first-order valence-corrected chi connectivity index (χ1v) is 8.99. The van der Waals surface area contributed by atoms with Gasteiger partial charge in [0.05, 0.1) is 16.4 Å². The van der Waals surface area contributed by atoms with Gasteiger partial charge >= 0.3 is 0 Å². The lowest BCUT2D eigenvalue weighted by atomic mass is 9.85. The second-order valence-corrected chi connectivity index (χ2v) is 6.77. The lowest BCUT2D eigenvalue weighted by molar-refractivity contribution is 0.357. The summed E-state index contributed by atoms with van der Waals surface area (Å²) in [5.74, 6) is 1.40. The van der Waals surface area contributed by atoms with Crippen LogP contribution < -0.4 is 5.32 Å². The lowest BCUT2D eigenvalue weighted by Gasteiger charge is -2.26. The molecule has 1 aliphatic rings. The quantitative estimate of drug-likeness (QED) is 0.780. The van der Waals surface area contributed by atoms with Gasteiger partial charge in [-0.05, 0) is 54.2 Å². The van der Waals surface area contributed by atoms with E-state index in [2.05, 4.69) is 44.9 Å². The van der Waals surface area contributed by atoms with E-state index in [-0.39, 0.29) is 0 Å². The van der Waals surface area contributed by atoms with Gasteiger partial charge < -0.3 is 5.32 Å². The maximum Gasteiger partial charge on any atom is 0.0635 e. The molecule has 2 rings (SSSR count). The minimum atomic E-state index is 0.653. The molecular formula is C16H28BrN3. The topological polar surface area (TPSA) is 29.9 Å². The molecule has 0 amide bonds. The molecule has 1 saturated carbocycles. The Balaban J connectivity index is 2.22. The fraction of sp³-hybridized carbons (Fsp3) is 0.812. The first-order valence-electron chi connectivity index (χ1n) is 8.19. The second kappa shape index (κ2) is 8.18. The molecule has 1 aliphatic carbocycles. The molecule has 2 unspecified atom stereocenters. The third-order valence-electron chi connectivity index (χ3n) is 4.44. The highest BCUT2D eigenvalue weighted by molar-refractivity contribution is 9.10. The largest absolute Gasteiger partial charge is 0.317 e. The van der Waals surface area contributed by atoms with E-state index in [1.54, 1.807) is 0 Å². The number of nitrogens with zero attached hydrogens (tertiary/aromatic N) is 2. The smallest absolute Gasteiger partial charge is 0.0635 e. The highest BCUT2D eigenvalue weighted by Crippen LogP contribution is 2.39. The number of rotatable bonds is 6. The third kappa shape index (κ3) is 3.85. The summed E-state index contributed by atoms with van der Waals surface area (Å²) in [6.07, 6.45) is 9.92. The predicted molar refractivity (Wildman–Crippen MR) is 88.1 cm³/mol. The Bertz CT molecular complexity index is 402. The van der Waals surface area contributed by atoms with E-state index >= 15 is 0 Å². The van der Waals surface area contributed by atoms with Crippen LogP contribution in [0, 0.1) is 5.92 Å². The molecule has 1 fully saturated rings. The number of aryl methyl sites for hydroxylation is 1. The van der Waals surface area contributed by atoms with Crippen molar-refractivity contribution in [3.63, 3.8) is 0 Å². The molecule has 0 saturated heterocycles. The number of hydrogen-bond acceptors (Lipinski definition) is 2. The van der Waals surface area contributed by atoms with Crippen molar-refractivity contribution in [3.05, 3.63) is 16.4 Å². The molecular weight excluding hydrogens is 314 g/mol. The highest BCUT2D eigenvalue weighted by atomic mass is 79.9. The molecule has 3 nitrogen and oxygen atoms in total. The average molecular weight is 342 g/mol. The maximum atomic E-state index is 4.58. The van der Waals surface area contributed by atoms with E-state index in [9.17, 15) is 0 Å². The molecule has 0 aliphatic heterocycles. The van der Waals surface area contributed by atoms with E-state index in [0.29, 0.717) is 5.92 Å². The molecule has 20 heavy (non-hydrogen) atoms. The van der Waals surface area contributed by atoms with Gasteiger partial charge in [0.25, 0.3) is 0 Å². The minimum absolute atomic E-state index is 0.653. The summed E-state index contributed by atoms with van der Waals surface area (Å²) >= 11 is 3.74. The first kappa shape index (κ1) is 16.0. The highest BCUT2D eigenvalue weighted by Gasteiger charge is 2.29. The van der Waals surface area contributed by atoms with Crippen molar-refractivity contribution < 1.29 is 0 Å². The predicted octanol–water partition coefficient (Wildman–Crippen LogP) is 4.33. The summed E-state index contributed by atoms with van der Waals surface area (Å²) in [4.78, 5) is 0. The van der Waals surface area contributed by atoms with Crippen LogP contribution in [0.25, 0.3) is 0 Å². The molecule has 1 aromatic rings. The van der Waals surface area contributed by atoms with Crippen molar-refractivity contribution >= 4 is 15.9 Å². The van der Waals surface area contributed by atoms with E-state index in [4.69, 9.17) is 0 Å². The van der Waals surface area contributed by atoms with E-state index in [1.807, 2.05) is 6.20 Å². The normalized spacial score (nSPS) is 23.8. The summed E-state index contributed by atoms with van der Waals surface area (Å²) in [7, 11) is 0. The summed E-state index contributed by atoms with van der Waals surface area (Å²) in [6, 6.07) is 0. The van der Waals surface area contributed by atoms with Gasteiger partial charge in [0.2, 0.25) is 0 Å². The van der Waals surface area contributed by atoms with Crippen molar-refractivity contribution in [2.24, 2.45) is 5.92 Å². The van der Waals surface area contributed by atoms with Crippen molar-refractivity contribution in [2.75, 3.05) is 13.1 Å². The van der Waals surface area contributed by atoms with Crippen LogP contribution in [0.2, 0.25) is 0 Å². The standard InChI is InChI=1S/C16H28BrN3/c1-3-10-20-16(15(17)12-19-20)14-9-7-5-6-8-13(14)11-18-4-2/h12-14,18H,3-11H2,1-2H3. The monoisotopic (exact) mass is 341 g/mol. The van der Waals surface area contributed by atoms with Gasteiger partial charge in [-0.3, -0.25) is 4.68 Å². The SMILES string of the molecule is CCCn1ncc(Br)c1C1CCCCCC1CNCC. The Morgan fingerprint density at radius 1 is 1.30 bits per heavy atom. The molecule has 0 radical (unpaired) electrons. The van der Waals surface area contributed by atoms with E-state index in [0.717, 1.165) is 32.0 Å². The van der Waals surface area contributed by atoms with Crippen LogP contribution in [0.5, 0.6) is 0 Å². The van der Waals surface area contributed by atoms with Gasteiger partial charge in [0.1, 0.15) is 0 Å². The molecule has 1 heterocycles. The molecule has 2 atom stereocenters. The van der Waals surface area contributed by atoms with Gasteiger partial charge in [-0.15, -0.1) is 0 Å². The second-order valence-electron chi connectivity index (χ2n) is 5.91. The van der Waals surface area contributed by atoms with Crippen molar-refractivity contribution in [1.82, 2.24) is 15.1 Å². The molecule has 0 bridgehead atoms.